The van der Waals surface area contributed by atoms with E-state index in [0.717, 1.165) is 96.3 Å². The fourth-order valence-corrected chi connectivity index (χ4v) is 13.0. The van der Waals surface area contributed by atoms with Gasteiger partial charge < -0.3 is 28.5 Å². The molecule has 0 spiro atoms. The Morgan fingerprint density at radius 3 is 0.833 bits per heavy atom. The number of quaternary nitrogens is 1. The third-order valence-electron chi connectivity index (χ3n) is 19.6. The highest BCUT2D eigenvalue weighted by Crippen LogP contribution is 2.20. The number of rotatable bonds is 82. The third-order valence-corrected chi connectivity index (χ3v) is 19.6. The summed E-state index contributed by atoms with van der Waals surface area (Å²) < 4.78 is 23.1. The number of carboxylic acids is 1. The van der Waals surface area contributed by atoms with Gasteiger partial charge >= 0.3 is 17.9 Å². The van der Waals surface area contributed by atoms with Crippen LogP contribution in [-0.4, -0.2) is 87.4 Å². The summed E-state index contributed by atoms with van der Waals surface area (Å²) in [5.74, 6) is -1.99. The van der Waals surface area contributed by atoms with Crippen molar-refractivity contribution in [1.82, 2.24) is 0 Å². The summed E-state index contributed by atoms with van der Waals surface area (Å²) >= 11 is 0. The predicted octanol–water partition coefficient (Wildman–Crippen LogP) is 28.7. The van der Waals surface area contributed by atoms with E-state index in [4.69, 9.17) is 18.9 Å². The molecule has 0 aromatic heterocycles. The molecule has 0 rings (SSSR count). The number of unbranched alkanes of at least 4 members (excludes halogenated alkanes) is 51. The molecule has 1 N–H and O–H groups in total. The van der Waals surface area contributed by atoms with Gasteiger partial charge in [-0.2, -0.15) is 0 Å². The van der Waals surface area contributed by atoms with Crippen LogP contribution in [-0.2, 0) is 33.3 Å². The highest BCUT2D eigenvalue weighted by molar-refractivity contribution is 5.71. The second-order valence-corrected chi connectivity index (χ2v) is 30.8. The quantitative estimate of drug-likeness (QED) is 0.0211. The molecule has 9 nitrogen and oxygen atoms in total. The number of nitrogens with zero attached hydrogens (tertiary/aromatic N) is 1. The van der Waals surface area contributed by atoms with Crippen molar-refractivity contribution < 1.29 is 42.9 Å². The lowest BCUT2D eigenvalue weighted by atomic mass is 10.0. The third kappa shape index (κ3) is 83.5. The highest BCUT2D eigenvalue weighted by atomic mass is 16.7. The number of ether oxygens (including phenoxy) is 4. The Hall–Kier alpha value is -3.79. The van der Waals surface area contributed by atoms with Crippen LogP contribution in [0.4, 0.5) is 0 Å². The van der Waals surface area contributed by atoms with Crippen molar-refractivity contribution in [2.75, 3.05) is 47.5 Å². The monoisotopic (exact) mass is 1430 g/mol. The van der Waals surface area contributed by atoms with Crippen molar-refractivity contribution in [3.63, 3.8) is 0 Å². The topological polar surface area (TPSA) is 108 Å². The fraction of sp³-hybridized carbons (Fsp3) is 0.796. The number of likely N-dealkylation sites (N-methyl/N-ethyl adjacent to an activating group) is 1. The minimum absolute atomic E-state index is 0.182. The van der Waals surface area contributed by atoms with E-state index in [9.17, 15) is 19.5 Å². The second kappa shape index (κ2) is 82.9. The minimum atomic E-state index is -1.52. The lowest BCUT2D eigenvalue weighted by Gasteiger charge is -2.25. The van der Waals surface area contributed by atoms with Crippen LogP contribution in [0.15, 0.2) is 97.2 Å². The number of allylic oxidation sites excluding steroid dienone is 16. The zero-order chi connectivity index (χ0) is 73.9. The summed E-state index contributed by atoms with van der Waals surface area (Å²) in [7, 11) is 5.99. The highest BCUT2D eigenvalue weighted by Gasteiger charge is 2.25. The van der Waals surface area contributed by atoms with E-state index in [-0.39, 0.29) is 32.2 Å². The first-order valence-electron chi connectivity index (χ1n) is 43.9. The van der Waals surface area contributed by atoms with Gasteiger partial charge in [0.15, 0.2) is 6.10 Å². The lowest BCUT2D eigenvalue weighted by molar-refractivity contribution is -0.870. The first-order chi connectivity index (χ1) is 50.1. The number of carbonyl (C=O) groups excluding carboxylic acids is 2. The molecule has 0 aliphatic heterocycles. The molecule has 0 saturated carbocycles. The smallest absolute Gasteiger partial charge is 0.361 e. The lowest BCUT2D eigenvalue weighted by Crippen LogP contribution is -2.40. The average molecular weight is 1430 g/mol. The Kier molecular flexibility index (Phi) is 79.8. The summed E-state index contributed by atoms with van der Waals surface area (Å²) in [5.41, 5.74) is 0. The fourth-order valence-electron chi connectivity index (χ4n) is 13.0. The van der Waals surface area contributed by atoms with Crippen LogP contribution in [0.1, 0.15) is 418 Å². The van der Waals surface area contributed by atoms with Crippen molar-refractivity contribution in [1.29, 1.82) is 0 Å². The molecule has 0 radical (unpaired) electrons. The summed E-state index contributed by atoms with van der Waals surface area (Å²) in [6, 6.07) is 0. The number of carbonyl (C=O) groups is 3. The first-order valence-corrected chi connectivity index (χ1v) is 43.9. The zero-order valence-electron chi connectivity index (χ0n) is 68.0. The number of aliphatic carboxylic acids is 1. The van der Waals surface area contributed by atoms with Crippen molar-refractivity contribution >= 4 is 17.9 Å². The largest absolute Gasteiger partial charge is 0.477 e. The van der Waals surface area contributed by atoms with Crippen LogP contribution in [0.2, 0.25) is 0 Å². The van der Waals surface area contributed by atoms with Gasteiger partial charge in [-0.15, -0.1) is 0 Å². The van der Waals surface area contributed by atoms with Gasteiger partial charge in [-0.25, -0.2) is 4.79 Å². The molecular weight excluding hydrogens is 1260 g/mol. The summed E-state index contributed by atoms with van der Waals surface area (Å²) in [6.45, 7) is 4.82. The number of hydrogen-bond donors (Lipinski definition) is 1. The van der Waals surface area contributed by atoms with Gasteiger partial charge in [0.1, 0.15) is 13.2 Å². The molecule has 102 heavy (non-hydrogen) atoms. The van der Waals surface area contributed by atoms with Gasteiger partial charge in [0.25, 0.3) is 6.29 Å². The molecule has 0 amide bonds. The molecule has 0 aromatic carbocycles. The Labute approximate surface area is 632 Å². The normalized spacial score (nSPS) is 13.1. The molecule has 592 valence electrons. The molecule has 0 bridgehead atoms. The number of esters is 2. The van der Waals surface area contributed by atoms with Gasteiger partial charge in [-0.3, -0.25) is 9.59 Å². The van der Waals surface area contributed by atoms with Crippen molar-refractivity contribution in [3.05, 3.63) is 97.2 Å². The number of hydrogen-bond acceptors (Lipinski definition) is 7. The SMILES string of the molecule is CC/C=C\C/C=C\C/C=C\C/C=C\C/C=C\C/C=C\C/C=C\C/C=C\CCCCCCCCCCCCCCC(=O)OC(COC(=O)CCCCCCCCCCCCCCCCCCCCCCCCCCCCCCCCCCCCCCCCCC)COC(OCC[N+](C)(C)C)C(=O)O. The standard InChI is InChI=1S/C93H167NO8/c1-6-8-10-12-14-16-18-20-22-24-26-28-30-32-34-36-38-40-42-44-45-46-48-49-51-53-55-57-59-61-63-65-67-69-71-73-75-77-79-81-83-90(95)100-87-89(88-101-93(92(97)98)99-86-85-94(3,4)5)102-91(96)84-82-80-78-76-74-72-70-68-66-64-62-60-58-56-54-52-50-47-43-41-39-37-35-33-31-29-27-25-23-21-19-17-15-13-11-9-7-2/h9,11,15,17,21,23,27,29,33,35,39,41,47,50,54,56,89,93H,6-8,10,12-14,16,18-20,22,24-26,28,30-32,34,36-38,40,42-46,48-49,51-53,55,57-88H2,1-5H3/p+1/b11-9-,17-15-,23-21-,29-27-,35-33-,41-39-,50-47-,56-54-. The summed E-state index contributed by atoms with van der Waals surface area (Å²) in [4.78, 5) is 37.8. The van der Waals surface area contributed by atoms with Crippen LogP contribution in [0.25, 0.3) is 0 Å². The zero-order valence-corrected chi connectivity index (χ0v) is 68.0. The van der Waals surface area contributed by atoms with Crippen LogP contribution in [0, 0.1) is 0 Å². The Morgan fingerprint density at radius 2 is 0.559 bits per heavy atom. The molecule has 0 aromatic rings. The molecule has 0 heterocycles. The van der Waals surface area contributed by atoms with Gasteiger partial charge in [-0.05, 0) is 77.0 Å². The van der Waals surface area contributed by atoms with E-state index < -0.39 is 24.3 Å². The van der Waals surface area contributed by atoms with E-state index in [1.54, 1.807) is 0 Å². The maximum absolute atomic E-state index is 13.0. The van der Waals surface area contributed by atoms with Crippen LogP contribution >= 0.6 is 0 Å². The van der Waals surface area contributed by atoms with Gasteiger partial charge in [0.2, 0.25) is 0 Å². The van der Waals surface area contributed by atoms with E-state index in [1.165, 1.54) is 295 Å². The van der Waals surface area contributed by atoms with Crippen LogP contribution in [0.5, 0.6) is 0 Å². The first kappa shape index (κ1) is 98.2. The second-order valence-electron chi connectivity index (χ2n) is 30.8. The van der Waals surface area contributed by atoms with Crippen molar-refractivity contribution in [3.8, 4) is 0 Å². The van der Waals surface area contributed by atoms with E-state index in [0.29, 0.717) is 17.4 Å². The van der Waals surface area contributed by atoms with E-state index in [1.807, 2.05) is 21.1 Å². The molecule has 9 heteroatoms. The van der Waals surface area contributed by atoms with Crippen LogP contribution in [0.3, 0.4) is 0 Å². The number of carboxylic acid groups (broad SMARTS) is 1. The Morgan fingerprint density at radius 1 is 0.304 bits per heavy atom. The average Bonchev–Trinajstić information content (AvgIpc) is 1.02. The van der Waals surface area contributed by atoms with E-state index >= 15 is 0 Å². The van der Waals surface area contributed by atoms with Gasteiger partial charge in [-0.1, -0.05) is 426 Å². The maximum atomic E-state index is 13.0. The molecule has 2 atom stereocenters. The van der Waals surface area contributed by atoms with E-state index in [2.05, 4.69) is 111 Å². The molecular formula is C93H168NO8+. The molecule has 0 saturated heterocycles. The Balaban J connectivity index is 3.96. The minimum Gasteiger partial charge on any atom is -0.477 e. The molecule has 0 fully saturated rings. The Bertz CT molecular complexity index is 2010. The molecule has 0 aliphatic rings. The predicted molar refractivity (Wildman–Crippen MR) is 442 cm³/mol. The van der Waals surface area contributed by atoms with Gasteiger partial charge in [0.05, 0.1) is 34.4 Å². The van der Waals surface area contributed by atoms with Crippen LogP contribution < -0.4 is 0 Å². The van der Waals surface area contributed by atoms with Crippen molar-refractivity contribution in [2.24, 2.45) is 0 Å². The molecule has 0 aliphatic carbocycles. The summed E-state index contributed by atoms with van der Waals surface area (Å²) in [5, 5.41) is 9.79. The summed E-state index contributed by atoms with van der Waals surface area (Å²) in [6.07, 6.45) is 113. The van der Waals surface area contributed by atoms with Gasteiger partial charge in [0, 0.05) is 12.8 Å². The maximum Gasteiger partial charge on any atom is 0.361 e. The van der Waals surface area contributed by atoms with Crippen molar-refractivity contribution in [2.45, 2.75) is 431 Å². The molecule has 2 unspecified atom stereocenters.